The first-order chi connectivity index (χ1) is 21.1. The first kappa shape index (κ1) is 33.5. The standard InChI is InChI=1S/C34H38Cl2N4O3S/c1-4-40(5-2)23-26-14-12-25(13-15-26)21-30(27-9-8-19-37-22-27)39-33(41)18-20-38-29-10-6-7-11-31(29)44(42,43)32-17-16-28(35)24(3)34(32)36/h6-17,19,22,30,38H,4-5,18,20-21,23H2,1-3H3,(H,39,41). The normalized spacial score (nSPS) is 12.2. The van der Waals surface area contributed by atoms with Gasteiger partial charge in [-0.05, 0) is 79.0 Å². The van der Waals surface area contributed by atoms with Crippen LogP contribution in [0.25, 0.3) is 0 Å². The fraction of sp³-hybridized carbons (Fsp3) is 0.294. The van der Waals surface area contributed by atoms with Crippen LogP contribution >= 0.6 is 23.2 Å². The van der Waals surface area contributed by atoms with E-state index in [9.17, 15) is 13.2 Å². The molecule has 1 unspecified atom stereocenters. The highest BCUT2D eigenvalue weighted by Gasteiger charge is 2.25. The minimum atomic E-state index is -3.96. The SMILES string of the molecule is CCN(CC)Cc1ccc(CC(NC(=O)CCNc2ccccc2S(=O)(=O)c2ccc(Cl)c(C)c2Cl)c2cccnc2)cc1. The van der Waals surface area contributed by atoms with Gasteiger partial charge in [0.15, 0.2) is 0 Å². The summed E-state index contributed by atoms with van der Waals surface area (Å²) in [6, 6.07) is 21.6. The first-order valence-corrected chi connectivity index (χ1v) is 16.9. The van der Waals surface area contributed by atoms with Crippen LogP contribution in [0.1, 0.15) is 48.6 Å². The van der Waals surface area contributed by atoms with Crippen molar-refractivity contribution in [2.24, 2.45) is 0 Å². The third-order valence-corrected chi connectivity index (χ3v) is 10.5. The summed E-state index contributed by atoms with van der Waals surface area (Å²) in [7, 11) is -3.96. The van der Waals surface area contributed by atoms with E-state index in [2.05, 4.69) is 58.6 Å². The molecule has 1 aromatic heterocycles. The van der Waals surface area contributed by atoms with Crippen molar-refractivity contribution in [3.8, 4) is 0 Å². The molecule has 0 aliphatic heterocycles. The Kier molecular flexibility index (Phi) is 11.8. The van der Waals surface area contributed by atoms with Gasteiger partial charge in [0, 0.05) is 36.9 Å². The second kappa shape index (κ2) is 15.5. The van der Waals surface area contributed by atoms with Crippen LogP contribution in [0, 0.1) is 6.92 Å². The van der Waals surface area contributed by atoms with Gasteiger partial charge in [0.25, 0.3) is 0 Å². The fourth-order valence-electron chi connectivity index (χ4n) is 4.94. The number of hydrogen-bond acceptors (Lipinski definition) is 6. The average Bonchev–Trinajstić information content (AvgIpc) is 3.03. The third kappa shape index (κ3) is 8.39. The van der Waals surface area contributed by atoms with E-state index in [-0.39, 0.29) is 39.7 Å². The van der Waals surface area contributed by atoms with E-state index >= 15 is 0 Å². The number of amides is 1. The Morgan fingerprint density at radius 3 is 2.30 bits per heavy atom. The minimum absolute atomic E-state index is 0.0199. The summed E-state index contributed by atoms with van der Waals surface area (Å²) in [5.74, 6) is -0.166. The van der Waals surface area contributed by atoms with Gasteiger partial charge in [-0.2, -0.15) is 0 Å². The number of para-hydroxylation sites is 1. The molecule has 3 aromatic carbocycles. The van der Waals surface area contributed by atoms with Gasteiger partial charge in [-0.15, -0.1) is 0 Å². The lowest BCUT2D eigenvalue weighted by Gasteiger charge is -2.21. The number of nitrogens with zero attached hydrogens (tertiary/aromatic N) is 2. The molecule has 44 heavy (non-hydrogen) atoms. The Morgan fingerprint density at radius 1 is 0.909 bits per heavy atom. The summed E-state index contributed by atoms with van der Waals surface area (Å²) in [6.07, 6.45) is 4.22. The highest BCUT2D eigenvalue weighted by atomic mass is 35.5. The molecule has 232 valence electrons. The number of rotatable bonds is 14. The lowest BCUT2D eigenvalue weighted by atomic mass is 9.99. The summed E-state index contributed by atoms with van der Waals surface area (Å²) < 4.78 is 27.1. The molecule has 0 fully saturated rings. The van der Waals surface area contributed by atoms with Crippen LogP contribution < -0.4 is 10.6 Å². The number of sulfone groups is 1. The summed E-state index contributed by atoms with van der Waals surface area (Å²) in [6.45, 7) is 9.12. The Hall–Kier alpha value is -3.43. The van der Waals surface area contributed by atoms with Crippen LogP contribution in [0.5, 0.6) is 0 Å². The summed E-state index contributed by atoms with van der Waals surface area (Å²) >= 11 is 12.5. The molecule has 4 aromatic rings. The quantitative estimate of drug-likeness (QED) is 0.149. The van der Waals surface area contributed by atoms with Crippen LogP contribution in [0.2, 0.25) is 10.0 Å². The van der Waals surface area contributed by atoms with E-state index in [0.717, 1.165) is 30.8 Å². The van der Waals surface area contributed by atoms with Gasteiger partial charge in [0.2, 0.25) is 15.7 Å². The van der Waals surface area contributed by atoms with Gasteiger partial charge < -0.3 is 10.6 Å². The van der Waals surface area contributed by atoms with Crippen LogP contribution in [0.15, 0.2) is 95.0 Å². The fourth-order valence-corrected chi connectivity index (χ4v) is 7.18. The minimum Gasteiger partial charge on any atom is -0.383 e. The molecule has 0 spiro atoms. The molecule has 0 bridgehead atoms. The maximum atomic E-state index is 13.6. The molecule has 0 saturated carbocycles. The molecule has 1 atom stereocenters. The van der Waals surface area contributed by atoms with E-state index in [4.69, 9.17) is 23.2 Å². The van der Waals surface area contributed by atoms with Crippen molar-refractivity contribution in [2.45, 2.75) is 56.0 Å². The first-order valence-electron chi connectivity index (χ1n) is 14.7. The van der Waals surface area contributed by atoms with Crippen LogP contribution in [-0.2, 0) is 27.6 Å². The molecule has 10 heteroatoms. The van der Waals surface area contributed by atoms with Gasteiger partial charge in [-0.1, -0.05) is 79.5 Å². The second-order valence-corrected chi connectivity index (χ2v) is 13.2. The van der Waals surface area contributed by atoms with E-state index < -0.39 is 9.84 Å². The van der Waals surface area contributed by atoms with Crippen molar-refractivity contribution < 1.29 is 13.2 Å². The second-order valence-electron chi connectivity index (χ2n) is 10.5. The highest BCUT2D eigenvalue weighted by molar-refractivity contribution is 7.91. The van der Waals surface area contributed by atoms with Crippen LogP contribution in [0.4, 0.5) is 5.69 Å². The lowest BCUT2D eigenvalue weighted by molar-refractivity contribution is -0.121. The van der Waals surface area contributed by atoms with Crippen molar-refractivity contribution in [3.05, 3.63) is 117 Å². The largest absolute Gasteiger partial charge is 0.383 e. The van der Waals surface area contributed by atoms with E-state index in [1.807, 2.05) is 12.1 Å². The Balaban J connectivity index is 1.43. The number of halogens is 2. The van der Waals surface area contributed by atoms with Crippen molar-refractivity contribution in [1.29, 1.82) is 0 Å². The summed E-state index contributed by atoms with van der Waals surface area (Å²) in [5, 5.41) is 6.76. The molecule has 0 radical (unpaired) electrons. The maximum Gasteiger partial charge on any atom is 0.222 e. The van der Waals surface area contributed by atoms with E-state index in [0.29, 0.717) is 22.7 Å². The molecule has 0 aliphatic rings. The Morgan fingerprint density at radius 2 is 1.61 bits per heavy atom. The number of carbonyl (C=O) groups excluding carboxylic acids is 1. The van der Waals surface area contributed by atoms with Gasteiger partial charge in [-0.3, -0.25) is 14.7 Å². The van der Waals surface area contributed by atoms with Crippen molar-refractivity contribution >= 4 is 44.6 Å². The van der Waals surface area contributed by atoms with Crippen molar-refractivity contribution in [2.75, 3.05) is 25.0 Å². The average molecular weight is 654 g/mol. The molecular weight excluding hydrogens is 615 g/mol. The number of aromatic nitrogens is 1. The summed E-state index contributed by atoms with van der Waals surface area (Å²) in [4.78, 5) is 19.8. The Labute approximate surface area is 270 Å². The lowest BCUT2D eigenvalue weighted by Crippen LogP contribution is -2.31. The van der Waals surface area contributed by atoms with E-state index in [1.54, 1.807) is 37.5 Å². The monoisotopic (exact) mass is 652 g/mol. The smallest absolute Gasteiger partial charge is 0.222 e. The zero-order chi connectivity index (χ0) is 31.7. The van der Waals surface area contributed by atoms with E-state index in [1.165, 1.54) is 23.8 Å². The zero-order valence-corrected chi connectivity index (χ0v) is 27.5. The molecular formula is C34H38Cl2N4O3S. The van der Waals surface area contributed by atoms with Crippen LogP contribution in [0.3, 0.4) is 0 Å². The molecule has 1 amide bonds. The van der Waals surface area contributed by atoms with Crippen molar-refractivity contribution in [1.82, 2.24) is 15.2 Å². The predicted molar refractivity (Wildman–Crippen MR) is 178 cm³/mol. The highest BCUT2D eigenvalue weighted by Crippen LogP contribution is 2.35. The number of hydrogen-bond donors (Lipinski definition) is 2. The molecule has 0 aliphatic carbocycles. The Bertz CT molecular complexity index is 1660. The number of carbonyl (C=O) groups is 1. The van der Waals surface area contributed by atoms with Gasteiger partial charge in [0.05, 0.1) is 26.5 Å². The number of benzene rings is 3. The molecule has 1 heterocycles. The van der Waals surface area contributed by atoms with Crippen LogP contribution in [-0.4, -0.2) is 43.8 Å². The molecule has 0 saturated heterocycles. The topological polar surface area (TPSA) is 91.4 Å². The number of anilines is 1. The number of nitrogens with one attached hydrogen (secondary N) is 2. The number of pyridine rings is 1. The zero-order valence-electron chi connectivity index (χ0n) is 25.2. The molecule has 4 rings (SSSR count). The van der Waals surface area contributed by atoms with Gasteiger partial charge in [-0.25, -0.2) is 8.42 Å². The van der Waals surface area contributed by atoms with Gasteiger partial charge >= 0.3 is 0 Å². The summed E-state index contributed by atoms with van der Waals surface area (Å²) in [5.41, 5.74) is 4.15. The van der Waals surface area contributed by atoms with Crippen molar-refractivity contribution in [3.63, 3.8) is 0 Å². The molecule has 7 nitrogen and oxygen atoms in total. The van der Waals surface area contributed by atoms with Gasteiger partial charge in [0.1, 0.15) is 0 Å². The maximum absolute atomic E-state index is 13.6. The molecule has 2 N–H and O–H groups in total. The predicted octanol–water partition coefficient (Wildman–Crippen LogP) is 7.27. The third-order valence-electron chi connectivity index (χ3n) is 7.60.